The molecule has 0 radical (unpaired) electrons. The highest BCUT2D eigenvalue weighted by Crippen LogP contribution is 2.20. The molecule has 2 amide bonds. The van der Waals surface area contributed by atoms with Crippen molar-refractivity contribution in [2.24, 2.45) is 0 Å². The first-order chi connectivity index (χ1) is 16.5. The quantitative estimate of drug-likeness (QED) is 0.262. The second-order valence-corrected chi connectivity index (χ2v) is 7.68. The molecule has 1 heterocycles. The minimum absolute atomic E-state index is 0.0390. The minimum Gasteiger partial charge on any atom is -0.508 e. The van der Waals surface area contributed by atoms with Gasteiger partial charge in [-0.15, -0.1) is 0 Å². The number of phenolic OH excluding ortho intramolecular Hbond substituents is 1. The van der Waals surface area contributed by atoms with Gasteiger partial charge >= 0.3 is 0 Å². The Morgan fingerprint density at radius 3 is 2.06 bits per heavy atom. The predicted molar refractivity (Wildman–Crippen MR) is 133 cm³/mol. The normalized spacial score (nSPS) is 10.4. The Balaban J connectivity index is 1.51. The zero-order valence-corrected chi connectivity index (χ0v) is 19.2. The lowest BCUT2D eigenvalue weighted by Crippen LogP contribution is -2.29. The molecule has 3 aromatic rings. The third-order valence-corrected chi connectivity index (χ3v) is 4.89. The summed E-state index contributed by atoms with van der Waals surface area (Å²) in [5.74, 6) is 1.94. The van der Waals surface area contributed by atoms with Crippen LogP contribution in [0.2, 0.25) is 0 Å². The first-order valence-electron chi connectivity index (χ1n) is 11.2. The van der Waals surface area contributed by atoms with Gasteiger partial charge in [0, 0.05) is 51.2 Å². The van der Waals surface area contributed by atoms with E-state index >= 15 is 0 Å². The molecule has 178 valence electrons. The van der Waals surface area contributed by atoms with E-state index in [0.717, 1.165) is 11.1 Å². The van der Waals surface area contributed by atoms with Crippen molar-refractivity contribution < 1.29 is 14.7 Å². The molecule has 2 aromatic carbocycles. The van der Waals surface area contributed by atoms with Crippen LogP contribution in [0.4, 0.5) is 11.6 Å². The number of aromatic hydroxyl groups is 1. The zero-order chi connectivity index (χ0) is 24.2. The van der Waals surface area contributed by atoms with Crippen LogP contribution in [-0.4, -0.2) is 53.1 Å². The van der Waals surface area contributed by atoms with Gasteiger partial charge in [0.2, 0.25) is 11.8 Å². The smallest absolute Gasteiger partial charge is 0.220 e. The molecule has 0 saturated carbocycles. The number of hydrogen-bond donors (Lipinski definition) is 5. The number of carbonyl (C=O) groups is 2. The highest BCUT2D eigenvalue weighted by Gasteiger charge is 2.08. The van der Waals surface area contributed by atoms with E-state index in [0.29, 0.717) is 56.5 Å². The molecule has 0 aliphatic rings. The Kier molecular flexibility index (Phi) is 9.21. The fourth-order valence-corrected chi connectivity index (χ4v) is 3.18. The second kappa shape index (κ2) is 12.8. The van der Waals surface area contributed by atoms with Crippen LogP contribution in [0.15, 0.2) is 60.7 Å². The third kappa shape index (κ3) is 8.42. The van der Waals surface area contributed by atoms with Crippen molar-refractivity contribution in [3.05, 3.63) is 66.2 Å². The summed E-state index contributed by atoms with van der Waals surface area (Å²) in [7, 11) is 0. The summed E-state index contributed by atoms with van der Waals surface area (Å²) in [5, 5.41) is 21.4. The van der Waals surface area contributed by atoms with Crippen molar-refractivity contribution in [1.82, 2.24) is 20.6 Å². The third-order valence-electron chi connectivity index (χ3n) is 4.89. The Morgan fingerprint density at radius 1 is 0.824 bits per heavy atom. The Morgan fingerprint density at radius 2 is 1.44 bits per heavy atom. The Hall–Kier alpha value is -4.14. The van der Waals surface area contributed by atoms with E-state index in [1.165, 1.54) is 6.92 Å². The number of carbonyl (C=O) groups excluding carboxylic acids is 2. The van der Waals surface area contributed by atoms with Crippen molar-refractivity contribution in [3.8, 4) is 17.1 Å². The minimum atomic E-state index is -0.0815. The van der Waals surface area contributed by atoms with E-state index in [4.69, 9.17) is 0 Å². The Labute approximate surface area is 199 Å². The molecule has 0 aliphatic heterocycles. The summed E-state index contributed by atoms with van der Waals surface area (Å²) in [5.41, 5.74) is 1.89. The molecule has 0 spiro atoms. The highest BCUT2D eigenvalue weighted by molar-refractivity contribution is 5.76. The van der Waals surface area contributed by atoms with E-state index in [-0.39, 0.29) is 17.6 Å². The van der Waals surface area contributed by atoms with Gasteiger partial charge in [-0.3, -0.25) is 9.59 Å². The molecule has 0 aliphatic carbocycles. The summed E-state index contributed by atoms with van der Waals surface area (Å²) >= 11 is 0. The highest BCUT2D eigenvalue weighted by atomic mass is 16.3. The number of anilines is 2. The fourth-order valence-electron chi connectivity index (χ4n) is 3.18. The molecule has 9 heteroatoms. The number of aromatic nitrogens is 2. The number of hydrogen-bond acceptors (Lipinski definition) is 7. The maximum Gasteiger partial charge on any atom is 0.220 e. The molecular formula is C25H30N6O3. The van der Waals surface area contributed by atoms with Gasteiger partial charge in [-0.25, -0.2) is 9.97 Å². The maximum atomic E-state index is 12.1. The summed E-state index contributed by atoms with van der Waals surface area (Å²) < 4.78 is 0. The number of nitrogens with zero attached hydrogens (tertiary/aromatic N) is 2. The molecule has 0 saturated heterocycles. The molecule has 9 nitrogen and oxygen atoms in total. The molecule has 0 bridgehead atoms. The lowest BCUT2D eigenvalue weighted by molar-refractivity contribution is -0.121. The van der Waals surface area contributed by atoms with Crippen molar-refractivity contribution in [2.45, 2.75) is 19.8 Å². The van der Waals surface area contributed by atoms with Gasteiger partial charge in [-0.2, -0.15) is 0 Å². The van der Waals surface area contributed by atoms with Gasteiger partial charge in [0.25, 0.3) is 0 Å². The fraction of sp³-hybridized carbons (Fsp3) is 0.280. The largest absolute Gasteiger partial charge is 0.508 e. The molecule has 0 unspecified atom stereocenters. The van der Waals surface area contributed by atoms with Crippen molar-refractivity contribution >= 4 is 23.5 Å². The van der Waals surface area contributed by atoms with Gasteiger partial charge < -0.3 is 26.4 Å². The number of phenols is 1. The number of nitrogens with one attached hydrogen (secondary N) is 4. The van der Waals surface area contributed by atoms with E-state index in [1.807, 2.05) is 42.5 Å². The summed E-state index contributed by atoms with van der Waals surface area (Å²) in [6, 6.07) is 18.3. The average Bonchev–Trinajstić information content (AvgIpc) is 2.84. The molecule has 1 aromatic heterocycles. The van der Waals surface area contributed by atoms with Gasteiger partial charge in [-0.1, -0.05) is 42.5 Å². The number of amides is 2. The SMILES string of the molecule is CC(=O)NCCNc1cc(NCCNC(=O)CCc2ccc(O)cc2)nc(-c2ccccc2)n1. The van der Waals surface area contributed by atoms with Crippen LogP contribution in [0, 0.1) is 0 Å². The van der Waals surface area contributed by atoms with Gasteiger partial charge in [0.1, 0.15) is 17.4 Å². The molecule has 5 N–H and O–H groups in total. The van der Waals surface area contributed by atoms with Gasteiger partial charge in [0.15, 0.2) is 5.82 Å². The number of aryl methyl sites for hydroxylation is 1. The topological polar surface area (TPSA) is 128 Å². The average molecular weight is 463 g/mol. The number of rotatable bonds is 12. The first kappa shape index (κ1) is 24.5. The number of benzene rings is 2. The molecule has 0 fully saturated rings. The standard InChI is InChI=1S/C25H30N6O3/c1-18(32)26-13-14-27-22-17-23(31-25(30-22)20-5-3-2-4-6-20)28-15-16-29-24(34)12-9-19-7-10-21(33)11-8-19/h2-8,10-11,17,33H,9,12-16H2,1H3,(H,26,32)(H,29,34)(H2,27,28,30,31). The van der Waals surface area contributed by atoms with Crippen LogP contribution in [0.3, 0.4) is 0 Å². The molecule has 0 atom stereocenters. The maximum absolute atomic E-state index is 12.1. The summed E-state index contributed by atoms with van der Waals surface area (Å²) in [4.78, 5) is 32.4. The summed E-state index contributed by atoms with van der Waals surface area (Å²) in [6.07, 6.45) is 0.984. The van der Waals surface area contributed by atoms with Crippen LogP contribution in [0.1, 0.15) is 18.9 Å². The van der Waals surface area contributed by atoms with Gasteiger partial charge in [0.05, 0.1) is 0 Å². The van der Waals surface area contributed by atoms with Crippen LogP contribution < -0.4 is 21.3 Å². The molecule has 34 heavy (non-hydrogen) atoms. The predicted octanol–water partition coefficient (Wildman–Crippen LogP) is 2.56. The van der Waals surface area contributed by atoms with Crippen molar-refractivity contribution in [3.63, 3.8) is 0 Å². The lowest BCUT2D eigenvalue weighted by atomic mass is 10.1. The summed E-state index contributed by atoms with van der Waals surface area (Å²) in [6.45, 7) is 3.44. The van der Waals surface area contributed by atoms with Crippen LogP contribution in [0.25, 0.3) is 11.4 Å². The monoisotopic (exact) mass is 462 g/mol. The molecular weight excluding hydrogens is 432 g/mol. The molecule has 3 rings (SSSR count). The van der Waals surface area contributed by atoms with Crippen molar-refractivity contribution in [2.75, 3.05) is 36.8 Å². The van der Waals surface area contributed by atoms with Crippen LogP contribution in [-0.2, 0) is 16.0 Å². The zero-order valence-electron chi connectivity index (χ0n) is 19.2. The van der Waals surface area contributed by atoms with Crippen molar-refractivity contribution in [1.29, 1.82) is 0 Å². The van der Waals surface area contributed by atoms with E-state index in [2.05, 4.69) is 31.2 Å². The van der Waals surface area contributed by atoms with Gasteiger partial charge in [-0.05, 0) is 24.1 Å². The van der Waals surface area contributed by atoms with Crippen LogP contribution >= 0.6 is 0 Å². The van der Waals surface area contributed by atoms with Crippen LogP contribution in [0.5, 0.6) is 5.75 Å². The van der Waals surface area contributed by atoms with E-state index in [9.17, 15) is 14.7 Å². The Bertz CT molecular complexity index is 1070. The second-order valence-electron chi connectivity index (χ2n) is 7.68. The van der Waals surface area contributed by atoms with E-state index in [1.54, 1.807) is 18.2 Å². The lowest BCUT2D eigenvalue weighted by Gasteiger charge is -2.12. The van der Waals surface area contributed by atoms with E-state index < -0.39 is 0 Å². The first-order valence-corrected chi connectivity index (χ1v) is 11.2.